The number of anilines is 3. The molecule has 0 spiro atoms. The molecule has 150 valence electrons. The zero-order valence-corrected chi connectivity index (χ0v) is 16.9. The molecule has 0 unspecified atom stereocenters. The van der Waals surface area contributed by atoms with E-state index in [1.165, 1.54) is 30.5 Å². The fourth-order valence-electron chi connectivity index (χ4n) is 3.04. The number of nitrogens with zero attached hydrogens (tertiary/aromatic N) is 6. The van der Waals surface area contributed by atoms with Crippen molar-refractivity contribution >= 4 is 39.1 Å². The SMILES string of the molecule is O=S(=O)(Nc1nccnc1N1CCN(c2cnccn2)CC1)c1ccc(Cl)cc1. The number of hydrogen-bond donors (Lipinski definition) is 1. The van der Waals surface area contributed by atoms with Gasteiger partial charge < -0.3 is 9.80 Å². The Morgan fingerprint density at radius 3 is 2.21 bits per heavy atom. The van der Waals surface area contributed by atoms with Crippen LogP contribution < -0.4 is 14.5 Å². The van der Waals surface area contributed by atoms with Gasteiger partial charge in [-0.1, -0.05) is 11.6 Å². The summed E-state index contributed by atoms with van der Waals surface area (Å²) in [6.07, 6.45) is 8.03. The topological polar surface area (TPSA) is 104 Å². The molecule has 3 heterocycles. The molecule has 1 N–H and O–H groups in total. The Balaban J connectivity index is 1.51. The monoisotopic (exact) mass is 431 g/mol. The molecule has 2 aromatic heterocycles. The lowest BCUT2D eigenvalue weighted by atomic mass is 10.3. The van der Waals surface area contributed by atoms with Crippen LogP contribution in [0.25, 0.3) is 0 Å². The number of aromatic nitrogens is 4. The first kappa shape index (κ1) is 19.3. The molecule has 9 nitrogen and oxygen atoms in total. The number of halogens is 1. The van der Waals surface area contributed by atoms with E-state index in [4.69, 9.17) is 11.6 Å². The summed E-state index contributed by atoms with van der Waals surface area (Å²) in [4.78, 5) is 21.2. The third kappa shape index (κ3) is 4.38. The summed E-state index contributed by atoms with van der Waals surface area (Å²) in [5.74, 6) is 1.49. The molecule has 0 amide bonds. The fourth-order valence-corrected chi connectivity index (χ4v) is 4.17. The zero-order chi connectivity index (χ0) is 20.3. The molecule has 29 heavy (non-hydrogen) atoms. The van der Waals surface area contributed by atoms with Crippen molar-refractivity contribution in [3.05, 3.63) is 60.3 Å². The van der Waals surface area contributed by atoms with Gasteiger partial charge in [-0.15, -0.1) is 0 Å². The molecule has 0 atom stereocenters. The normalized spacial score (nSPS) is 14.7. The van der Waals surface area contributed by atoms with Crippen LogP contribution in [0.4, 0.5) is 17.5 Å². The molecule has 0 bridgehead atoms. The van der Waals surface area contributed by atoms with Gasteiger partial charge in [-0.05, 0) is 24.3 Å². The first-order chi connectivity index (χ1) is 14.0. The molecule has 0 radical (unpaired) electrons. The minimum atomic E-state index is -3.81. The second kappa shape index (κ2) is 8.18. The van der Waals surface area contributed by atoms with Crippen molar-refractivity contribution in [3.63, 3.8) is 0 Å². The standard InChI is InChI=1S/C18H18ClN7O2S/c19-14-1-3-15(4-2-14)29(27,28)24-17-18(23-8-7-22-17)26-11-9-25(10-12-26)16-13-20-5-6-21-16/h1-8,13H,9-12H2,(H,22,24). The number of piperazine rings is 1. The van der Waals surface area contributed by atoms with E-state index in [1.807, 2.05) is 4.90 Å². The third-order valence-corrected chi connectivity index (χ3v) is 6.09. The first-order valence-electron chi connectivity index (χ1n) is 8.88. The Labute approximate surface area is 173 Å². The van der Waals surface area contributed by atoms with Gasteiger partial charge in [0.15, 0.2) is 11.6 Å². The smallest absolute Gasteiger partial charge is 0.263 e. The van der Waals surface area contributed by atoms with Crippen molar-refractivity contribution in [2.45, 2.75) is 4.90 Å². The van der Waals surface area contributed by atoms with Gasteiger partial charge in [0.05, 0.1) is 11.1 Å². The van der Waals surface area contributed by atoms with Crippen molar-refractivity contribution in [1.29, 1.82) is 0 Å². The number of benzene rings is 1. The summed E-state index contributed by atoms with van der Waals surface area (Å²) in [6, 6.07) is 5.94. The average molecular weight is 432 g/mol. The van der Waals surface area contributed by atoms with Gasteiger partial charge >= 0.3 is 0 Å². The van der Waals surface area contributed by atoms with Gasteiger partial charge in [-0.2, -0.15) is 0 Å². The van der Waals surface area contributed by atoms with Crippen LogP contribution in [0.2, 0.25) is 5.02 Å². The first-order valence-corrected chi connectivity index (χ1v) is 10.7. The Morgan fingerprint density at radius 1 is 0.862 bits per heavy atom. The second-order valence-corrected chi connectivity index (χ2v) is 8.44. The highest BCUT2D eigenvalue weighted by atomic mass is 35.5. The molecule has 1 aliphatic heterocycles. The van der Waals surface area contributed by atoms with Gasteiger partial charge in [0.2, 0.25) is 0 Å². The molecular weight excluding hydrogens is 414 g/mol. The Bertz CT molecular complexity index is 1070. The lowest BCUT2D eigenvalue weighted by Gasteiger charge is -2.36. The van der Waals surface area contributed by atoms with E-state index in [9.17, 15) is 8.42 Å². The molecule has 3 aromatic rings. The molecule has 1 aromatic carbocycles. The van der Waals surface area contributed by atoms with E-state index in [0.29, 0.717) is 37.0 Å². The molecule has 0 saturated carbocycles. The molecule has 0 aliphatic carbocycles. The minimum absolute atomic E-state index is 0.103. The van der Waals surface area contributed by atoms with E-state index in [1.54, 1.807) is 24.8 Å². The summed E-state index contributed by atoms with van der Waals surface area (Å²) >= 11 is 5.85. The predicted octanol–water partition coefficient (Wildman–Crippen LogP) is 2.05. The van der Waals surface area contributed by atoms with Crippen molar-refractivity contribution in [3.8, 4) is 0 Å². The molecule has 4 rings (SSSR count). The summed E-state index contributed by atoms with van der Waals surface area (Å²) in [5.41, 5.74) is 0. The predicted molar refractivity (Wildman–Crippen MR) is 111 cm³/mol. The quantitative estimate of drug-likeness (QED) is 0.654. The Kier molecular flexibility index (Phi) is 5.45. The Hall–Kier alpha value is -2.98. The number of rotatable bonds is 5. The van der Waals surface area contributed by atoms with Crippen molar-refractivity contribution in [1.82, 2.24) is 19.9 Å². The molecule has 1 fully saturated rings. The summed E-state index contributed by atoms with van der Waals surface area (Å²) < 4.78 is 28.0. The van der Waals surface area contributed by atoms with Crippen LogP contribution in [0, 0.1) is 0 Å². The molecular formula is C18H18ClN7O2S. The van der Waals surface area contributed by atoms with Crippen LogP contribution in [0.5, 0.6) is 0 Å². The number of hydrogen-bond acceptors (Lipinski definition) is 8. The third-order valence-electron chi connectivity index (χ3n) is 4.49. The van der Waals surface area contributed by atoms with Crippen LogP contribution in [0.1, 0.15) is 0 Å². The van der Waals surface area contributed by atoms with Crippen LogP contribution >= 0.6 is 11.6 Å². The van der Waals surface area contributed by atoms with Crippen LogP contribution in [0.15, 0.2) is 60.1 Å². The van der Waals surface area contributed by atoms with Gasteiger partial charge in [0.25, 0.3) is 10.0 Å². The van der Waals surface area contributed by atoms with Gasteiger partial charge in [0, 0.05) is 56.0 Å². The van der Waals surface area contributed by atoms with Crippen LogP contribution in [0.3, 0.4) is 0 Å². The average Bonchev–Trinajstić information content (AvgIpc) is 2.75. The van der Waals surface area contributed by atoms with Crippen molar-refractivity contribution in [2.75, 3.05) is 40.7 Å². The van der Waals surface area contributed by atoms with E-state index in [2.05, 4.69) is 29.6 Å². The maximum atomic E-state index is 12.7. The van der Waals surface area contributed by atoms with E-state index in [-0.39, 0.29) is 10.7 Å². The maximum Gasteiger partial charge on any atom is 0.263 e. The summed E-state index contributed by atoms with van der Waals surface area (Å²) in [7, 11) is -3.81. The molecule has 11 heteroatoms. The van der Waals surface area contributed by atoms with Crippen LogP contribution in [-0.4, -0.2) is 54.5 Å². The largest absolute Gasteiger partial charge is 0.352 e. The van der Waals surface area contributed by atoms with Crippen molar-refractivity contribution < 1.29 is 8.42 Å². The Morgan fingerprint density at radius 2 is 1.52 bits per heavy atom. The van der Waals surface area contributed by atoms with Crippen molar-refractivity contribution in [2.24, 2.45) is 0 Å². The van der Waals surface area contributed by atoms with Gasteiger partial charge in [-0.3, -0.25) is 9.71 Å². The van der Waals surface area contributed by atoms with E-state index >= 15 is 0 Å². The van der Waals surface area contributed by atoms with E-state index in [0.717, 1.165) is 5.82 Å². The lowest BCUT2D eigenvalue weighted by molar-refractivity contribution is 0.600. The number of sulfonamides is 1. The highest BCUT2D eigenvalue weighted by Crippen LogP contribution is 2.25. The summed E-state index contributed by atoms with van der Waals surface area (Å²) in [5, 5.41) is 0.463. The minimum Gasteiger partial charge on any atom is -0.352 e. The maximum absolute atomic E-state index is 12.7. The zero-order valence-electron chi connectivity index (χ0n) is 15.3. The van der Waals surface area contributed by atoms with Crippen LogP contribution in [-0.2, 0) is 10.0 Å². The highest BCUT2D eigenvalue weighted by Gasteiger charge is 2.24. The molecule has 1 aliphatic rings. The van der Waals surface area contributed by atoms with Gasteiger partial charge in [-0.25, -0.2) is 23.4 Å². The second-order valence-electron chi connectivity index (χ2n) is 6.33. The van der Waals surface area contributed by atoms with Gasteiger partial charge in [0.1, 0.15) is 5.82 Å². The fraction of sp³-hybridized carbons (Fsp3) is 0.222. The van der Waals surface area contributed by atoms with E-state index < -0.39 is 10.0 Å². The lowest BCUT2D eigenvalue weighted by Crippen LogP contribution is -2.47. The molecule has 1 saturated heterocycles. The summed E-state index contributed by atoms with van der Waals surface area (Å²) in [6.45, 7) is 2.70. The highest BCUT2D eigenvalue weighted by molar-refractivity contribution is 7.92. The number of nitrogens with one attached hydrogen (secondary N) is 1.